The second-order valence-electron chi connectivity index (χ2n) is 10.0. The minimum Gasteiger partial charge on any atom is -0.542 e. The molecule has 3 rings (SSSR count). The number of carbonyl (C=O) groups excluding carboxylic acids is 2. The molecule has 256 valence electrons. The number of guanidine groups is 1. The number of rotatable bonds is 12. The number of aliphatic carboxylic acids is 2. The number of nitrogens with one attached hydrogen (secondary N) is 1. The zero-order chi connectivity index (χ0) is 35.7. The maximum absolute atomic E-state index is 12.3. The van der Waals surface area contributed by atoms with Gasteiger partial charge in [-0.25, -0.2) is 4.79 Å². The Morgan fingerprint density at radius 3 is 1.40 bits per heavy atom. The van der Waals surface area contributed by atoms with Crippen LogP contribution in [0.2, 0.25) is 0 Å². The number of carboxylic acids is 2. The maximum Gasteiger partial charge on any atom is 0.490 e. The highest BCUT2D eigenvalue weighted by atomic mass is 31.2. The van der Waals surface area contributed by atoms with Crippen LogP contribution in [0.4, 0.5) is 26.3 Å². The molecule has 0 spiro atoms. The molecular weight excluding hydrogens is 651 g/mol. The summed E-state index contributed by atoms with van der Waals surface area (Å²) in [6.45, 7) is 0.513. The van der Waals surface area contributed by atoms with Gasteiger partial charge in [0, 0.05) is 26.4 Å². The largest absolute Gasteiger partial charge is 0.542 e. The fourth-order valence-electron chi connectivity index (χ4n) is 4.27. The predicted molar refractivity (Wildman–Crippen MR) is 167 cm³/mol. The zero-order valence-corrected chi connectivity index (χ0v) is 26.3. The van der Waals surface area contributed by atoms with Gasteiger partial charge in [0.05, 0.1) is 6.16 Å². The number of carbonyl (C=O) groups is 3. The van der Waals surface area contributed by atoms with Crippen LogP contribution >= 0.6 is 7.26 Å². The fourth-order valence-corrected chi connectivity index (χ4v) is 8.68. The average Bonchev–Trinajstić information content (AvgIpc) is 3.02. The third kappa shape index (κ3) is 14.2. The number of nitrogens with two attached hydrogens (primary N) is 1. The van der Waals surface area contributed by atoms with Crippen molar-refractivity contribution in [2.24, 2.45) is 5.73 Å². The van der Waals surface area contributed by atoms with Crippen molar-refractivity contribution in [1.29, 1.82) is 5.41 Å². The van der Waals surface area contributed by atoms with E-state index in [0.717, 1.165) is 25.4 Å². The number of ketones is 1. The van der Waals surface area contributed by atoms with Crippen molar-refractivity contribution >= 4 is 46.9 Å². The van der Waals surface area contributed by atoms with Gasteiger partial charge in [-0.2, -0.15) is 26.3 Å². The molecular formula is C32H36F6N3O5P. The van der Waals surface area contributed by atoms with Gasteiger partial charge in [-0.15, -0.1) is 0 Å². The summed E-state index contributed by atoms with van der Waals surface area (Å²) in [6.07, 6.45) is -5.13. The van der Waals surface area contributed by atoms with Crippen LogP contribution < -0.4 is 26.8 Å². The first-order chi connectivity index (χ1) is 21.9. The molecule has 0 unspecified atom stereocenters. The topological polar surface area (TPSA) is 148 Å². The van der Waals surface area contributed by atoms with E-state index in [-0.39, 0.29) is 11.7 Å². The van der Waals surface area contributed by atoms with E-state index in [0.29, 0.717) is 19.4 Å². The van der Waals surface area contributed by atoms with Crippen molar-refractivity contribution in [2.75, 3.05) is 19.8 Å². The van der Waals surface area contributed by atoms with Crippen molar-refractivity contribution in [2.45, 2.75) is 44.5 Å². The minimum absolute atomic E-state index is 0.00541. The molecule has 3 aromatic carbocycles. The highest BCUT2D eigenvalue weighted by Gasteiger charge is 2.44. The van der Waals surface area contributed by atoms with Crippen LogP contribution in [0.15, 0.2) is 91.0 Å². The Kier molecular flexibility index (Phi) is 16.6. The van der Waals surface area contributed by atoms with Crippen molar-refractivity contribution in [1.82, 2.24) is 4.90 Å². The fraction of sp³-hybridized carbons (Fsp3) is 0.312. The SMILES string of the molecule is CN(CCC(=O)CCCCC[P+](c1ccccc1)(c1ccccc1)c1ccccc1)C(=N)N.O=C(O)C(F)(F)F.O=C([O-])C(F)(F)F. The molecule has 0 aliphatic rings. The number of nitrogens with zero attached hydrogens (tertiary/aromatic N) is 1. The summed E-state index contributed by atoms with van der Waals surface area (Å²) in [4.78, 5) is 31.6. The molecule has 15 heteroatoms. The molecule has 8 nitrogen and oxygen atoms in total. The van der Waals surface area contributed by atoms with Crippen molar-refractivity contribution in [3.8, 4) is 0 Å². The third-order valence-electron chi connectivity index (χ3n) is 6.65. The Hall–Kier alpha value is -4.45. The summed E-state index contributed by atoms with van der Waals surface area (Å²) in [7, 11) is -0.0374. The van der Waals surface area contributed by atoms with E-state index in [4.69, 9.17) is 30.9 Å². The van der Waals surface area contributed by atoms with Crippen LogP contribution in [0, 0.1) is 5.41 Å². The Morgan fingerprint density at radius 1 is 0.745 bits per heavy atom. The first kappa shape index (κ1) is 40.6. The van der Waals surface area contributed by atoms with Gasteiger partial charge in [0.15, 0.2) is 5.96 Å². The molecule has 0 atom stereocenters. The van der Waals surface area contributed by atoms with Gasteiger partial charge in [0.2, 0.25) is 0 Å². The van der Waals surface area contributed by atoms with Crippen molar-refractivity contribution < 1.29 is 50.9 Å². The van der Waals surface area contributed by atoms with E-state index in [2.05, 4.69) is 91.0 Å². The molecule has 4 N–H and O–H groups in total. The van der Waals surface area contributed by atoms with Crippen molar-refractivity contribution in [3.05, 3.63) is 91.0 Å². The lowest BCUT2D eigenvalue weighted by Crippen LogP contribution is -2.37. The summed E-state index contributed by atoms with van der Waals surface area (Å²) in [6, 6.07) is 32.8. The van der Waals surface area contributed by atoms with Crippen LogP contribution in [0.1, 0.15) is 32.1 Å². The first-order valence-electron chi connectivity index (χ1n) is 14.1. The Balaban J connectivity index is 0.000000658. The highest BCUT2D eigenvalue weighted by Crippen LogP contribution is 2.56. The lowest BCUT2D eigenvalue weighted by Gasteiger charge is -2.27. The van der Waals surface area contributed by atoms with E-state index in [1.165, 1.54) is 15.9 Å². The number of halogens is 6. The molecule has 0 amide bonds. The van der Waals surface area contributed by atoms with Crippen LogP contribution in [0.25, 0.3) is 0 Å². The molecule has 0 aliphatic carbocycles. The molecule has 0 saturated heterocycles. The summed E-state index contributed by atoms with van der Waals surface area (Å²) in [5, 5.41) is 27.5. The summed E-state index contributed by atoms with van der Waals surface area (Å²) in [5.74, 6) is -5.51. The number of unbranched alkanes of at least 4 members (excludes halogenated alkanes) is 2. The summed E-state index contributed by atoms with van der Waals surface area (Å²) in [5.41, 5.74) is 5.45. The van der Waals surface area contributed by atoms with E-state index < -0.39 is 31.6 Å². The molecule has 3 aromatic rings. The van der Waals surface area contributed by atoms with E-state index in [1.807, 2.05) is 0 Å². The van der Waals surface area contributed by atoms with Gasteiger partial charge in [0.1, 0.15) is 34.9 Å². The van der Waals surface area contributed by atoms with Gasteiger partial charge in [-0.1, -0.05) is 54.6 Å². The lowest BCUT2D eigenvalue weighted by molar-refractivity contribution is -0.344. The first-order valence-corrected chi connectivity index (χ1v) is 16.1. The Bertz CT molecular complexity index is 1290. The standard InChI is InChI=1S/C28H35N3OP.2C2HF3O2/c1-31(28(29)30)22-21-24(32)14-6-5-13-23-33(25-15-7-2-8-16-25,26-17-9-3-10-18-26)27-19-11-4-12-20-27;2*3-2(4,5)1(6)7/h2-4,7-12,15-20H,5-6,13-14,21-23H2,1H3,(H3,29,30);2*(H,6,7)/q+1;;/p-1. The summed E-state index contributed by atoms with van der Waals surface area (Å²) >= 11 is 0. The van der Waals surface area contributed by atoms with E-state index in [9.17, 15) is 31.1 Å². The number of carboxylic acid groups (broad SMARTS) is 2. The van der Waals surface area contributed by atoms with E-state index >= 15 is 0 Å². The predicted octanol–water partition coefficient (Wildman–Crippen LogP) is 4.26. The molecule has 0 saturated carbocycles. The van der Waals surface area contributed by atoms with Gasteiger partial charge in [-0.05, 0) is 55.7 Å². The quantitative estimate of drug-likeness (QED) is 0.0848. The molecule has 0 radical (unpaired) electrons. The monoisotopic (exact) mass is 687 g/mol. The second kappa shape index (κ2) is 19.3. The normalized spacial score (nSPS) is 11.2. The highest BCUT2D eigenvalue weighted by molar-refractivity contribution is 7.95. The van der Waals surface area contributed by atoms with Gasteiger partial charge in [0.25, 0.3) is 0 Å². The molecule has 0 aromatic heterocycles. The third-order valence-corrected chi connectivity index (χ3v) is 11.2. The number of hydrogen-bond donors (Lipinski definition) is 3. The second-order valence-corrected chi connectivity index (χ2v) is 13.7. The number of Topliss-reactive ketones (excluding diaryl/α,β-unsaturated/α-hetero) is 1. The Morgan fingerprint density at radius 2 is 1.11 bits per heavy atom. The number of benzene rings is 3. The zero-order valence-electron chi connectivity index (χ0n) is 25.4. The summed E-state index contributed by atoms with van der Waals surface area (Å²) < 4.78 is 63.3. The van der Waals surface area contributed by atoms with Gasteiger partial charge >= 0.3 is 18.3 Å². The molecule has 0 aliphatic heterocycles. The molecule has 47 heavy (non-hydrogen) atoms. The maximum atomic E-state index is 12.3. The van der Waals surface area contributed by atoms with Gasteiger partial charge in [-0.3, -0.25) is 10.2 Å². The molecule has 0 heterocycles. The van der Waals surface area contributed by atoms with Crippen LogP contribution in [0.5, 0.6) is 0 Å². The smallest absolute Gasteiger partial charge is 0.490 e. The number of alkyl halides is 6. The Labute approximate surface area is 269 Å². The van der Waals surface area contributed by atoms with Crippen molar-refractivity contribution in [3.63, 3.8) is 0 Å². The van der Waals surface area contributed by atoms with Crippen LogP contribution in [-0.2, 0) is 14.4 Å². The number of hydrogen-bond acceptors (Lipinski definition) is 5. The van der Waals surface area contributed by atoms with Crippen LogP contribution in [-0.4, -0.2) is 65.8 Å². The minimum atomic E-state index is -5.19. The molecule has 0 fully saturated rings. The molecule has 0 bridgehead atoms. The van der Waals surface area contributed by atoms with Gasteiger partial charge < -0.3 is 25.6 Å². The van der Waals surface area contributed by atoms with Crippen LogP contribution in [0.3, 0.4) is 0 Å². The average molecular weight is 688 g/mol. The lowest BCUT2D eigenvalue weighted by atomic mass is 10.1. The van der Waals surface area contributed by atoms with E-state index in [1.54, 1.807) is 11.9 Å².